The molecule has 2 aromatic carbocycles. The molecule has 0 N–H and O–H groups in total. The molecule has 2 aliphatic heterocycles. The molecule has 0 aliphatic carbocycles. The van der Waals surface area contributed by atoms with Crippen LogP contribution in [-0.4, -0.2) is 11.4 Å². The van der Waals surface area contributed by atoms with E-state index in [1.54, 1.807) is 0 Å². The minimum absolute atomic E-state index is 0.300. The van der Waals surface area contributed by atoms with Crippen LogP contribution in [0.2, 0.25) is 5.02 Å². The molecule has 0 aromatic heterocycles. The first-order valence-corrected chi connectivity index (χ1v) is 7.57. The molecule has 104 valence electrons. The number of halogens is 1. The van der Waals surface area contributed by atoms with Crippen LogP contribution in [0.3, 0.4) is 0 Å². The van der Waals surface area contributed by atoms with Crippen molar-refractivity contribution in [3.8, 4) is 0 Å². The standard InChI is InChI=1S/C18H15ClN2/c1-12-18(15-11-14(19)7-8-17(15)20-12)10-9-16(21-18)13-5-3-2-4-6-13/h2-8,11H,9-10H2,1H3. The number of nitrogens with zero attached hydrogens (tertiary/aromatic N) is 2. The molecular formula is C18H15ClN2. The first-order valence-electron chi connectivity index (χ1n) is 7.19. The summed E-state index contributed by atoms with van der Waals surface area (Å²) in [6.45, 7) is 2.07. The smallest absolute Gasteiger partial charge is 0.126 e. The maximum Gasteiger partial charge on any atom is 0.126 e. The number of hydrogen-bond donors (Lipinski definition) is 0. The van der Waals surface area contributed by atoms with E-state index < -0.39 is 0 Å². The van der Waals surface area contributed by atoms with Gasteiger partial charge >= 0.3 is 0 Å². The van der Waals surface area contributed by atoms with Crippen molar-refractivity contribution >= 4 is 28.7 Å². The molecule has 3 heteroatoms. The topological polar surface area (TPSA) is 24.7 Å². The van der Waals surface area contributed by atoms with Gasteiger partial charge in [0.25, 0.3) is 0 Å². The van der Waals surface area contributed by atoms with Crippen LogP contribution in [0.5, 0.6) is 0 Å². The molecule has 21 heavy (non-hydrogen) atoms. The van der Waals surface area contributed by atoms with E-state index in [1.165, 1.54) is 5.56 Å². The number of aliphatic imine (C=N–C) groups is 2. The third kappa shape index (κ3) is 1.86. The zero-order chi connectivity index (χ0) is 14.4. The maximum atomic E-state index is 6.19. The molecule has 2 aromatic rings. The summed E-state index contributed by atoms with van der Waals surface area (Å²) in [5.41, 5.74) is 5.31. The van der Waals surface area contributed by atoms with Crippen molar-refractivity contribution in [3.63, 3.8) is 0 Å². The predicted molar refractivity (Wildman–Crippen MR) is 88.1 cm³/mol. The minimum atomic E-state index is -0.300. The van der Waals surface area contributed by atoms with Crippen LogP contribution in [0.25, 0.3) is 0 Å². The number of benzene rings is 2. The Kier molecular flexibility index (Phi) is 2.76. The average molecular weight is 295 g/mol. The summed E-state index contributed by atoms with van der Waals surface area (Å²) in [7, 11) is 0. The van der Waals surface area contributed by atoms with Gasteiger partial charge in [-0.2, -0.15) is 0 Å². The van der Waals surface area contributed by atoms with Gasteiger partial charge in [0, 0.05) is 22.0 Å². The minimum Gasteiger partial charge on any atom is -0.272 e. The van der Waals surface area contributed by atoms with Gasteiger partial charge < -0.3 is 0 Å². The van der Waals surface area contributed by atoms with E-state index in [2.05, 4.69) is 31.2 Å². The number of hydrogen-bond acceptors (Lipinski definition) is 2. The fourth-order valence-electron chi connectivity index (χ4n) is 3.34. The van der Waals surface area contributed by atoms with Crippen LogP contribution in [0.1, 0.15) is 30.9 Å². The molecule has 2 heterocycles. The van der Waals surface area contributed by atoms with Gasteiger partial charge in [-0.1, -0.05) is 41.9 Å². The lowest BCUT2D eigenvalue weighted by Gasteiger charge is -2.22. The van der Waals surface area contributed by atoms with Crippen molar-refractivity contribution in [1.29, 1.82) is 0 Å². The van der Waals surface area contributed by atoms with Gasteiger partial charge in [0.1, 0.15) is 5.54 Å². The highest BCUT2D eigenvalue weighted by Gasteiger charge is 2.44. The van der Waals surface area contributed by atoms with Crippen molar-refractivity contribution in [2.24, 2.45) is 9.98 Å². The molecule has 0 amide bonds. The number of rotatable bonds is 1. The second-order valence-corrected chi connectivity index (χ2v) is 6.08. The van der Waals surface area contributed by atoms with Crippen LogP contribution in [0.15, 0.2) is 58.5 Å². The molecule has 4 rings (SSSR count). The Morgan fingerprint density at radius 2 is 1.90 bits per heavy atom. The Balaban J connectivity index is 1.86. The van der Waals surface area contributed by atoms with Crippen molar-refractivity contribution in [3.05, 3.63) is 64.7 Å². The van der Waals surface area contributed by atoms with E-state index in [4.69, 9.17) is 21.6 Å². The molecule has 2 nitrogen and oxygen atoms in total. The zero-order valence-electron chi connectivity index (χ0n) is 11.8. The fraction of sp³-hybridized carbons (Fsp3) is 0.222. The van der Waals surface area contributed by atoms with Gasteiger partial charge in [0.15, 0.2) is 0 Å². The molecule has 1 atom stereocenters. The second-order valence-electron chi connectivity index (χ2n) is 5.64. The van der Waals surface area contributed by atoms with Crippen molar-refractivity contribution in [1.82, 2.24) is 0 Å². The zero-order valence-corrected chi connectivity index (χ0v) is 12.6. The Bertz CT molecular complexity index is 777. The Labute approximate surface area is 129 Å². The summed E-state index contributed by atoms with van der Waals surface area (Å²) < 4.78 is 0. The molecule has 0 bridgehead atoms. The summed E-state index contributed by atoms with van der Waals surface area (Å²) >= 11 is 6.19. The van der Waals surface area contributed by atoms with Crippen LogP contribution in [0, 0.1) is 0 Å². The lowest BCUT2D eigenvalue weighted by molar-refractivity contribution is 0.614. The Morgan fingerprint density at radius 3 is 2.71 bits per heavy atom. The van der Waals surface area contributed by atoms with Crippen molar-refractivity contribution in [2.45, 2.75) is 25.3 Å². The first kappa shape index (κ1) is 12.8. The molecule has 2 aliphatic rings. The highest BCUT2D eigenvalue weighted by Crippen LogP contribution is 2.48. The van der Waals surface area contributed by atoms with Crippen molar-refractivity contribution < 1.29 is 0 Å². The monoisotopic (exact) mass is 294 g/mol. The van der Waals surface area contributed by atoms with Gasteiger partial charge in [-0.3, -0.25) is 9.98 Å². The van der Waals surface area contributed by atoms with E-state index in [0.717, 1.165) is 40.5 Å². The molecule has 0 fully saturated rings. The third-order valence-corrected chi connectivity index (χ3v) is 4.68. The van der Waals surface area contributed by atoms with E-state index >= 15 is 0 Å². The summed E-state index contributed by atoms with van der Waals surface area (Å²) in [5.74, 6) is 0. The summed E-state index contributed by atoms with van der Waals surface area (Å²) in [6.07, 6.45) is 1.95. The molecule has 0 saturated heterocycles. The van der Waals surface area contributed by atoms with Gasteiger partial charge in [-0.15, -0.1) is 0 Å². The first-order chi connectivity index (χ1) is 10.2. The summed E-state index contributed by atoms with van der Waals surface area (Å²) in [4.78, 5) is 9.79. The van der Waals surface area contributed by atoms with Crippen LogP contribution in [-0.2, 0) is 5.54 Å². The lowest BCUT2D eigenvalue weighted by Crippen LogP contribution is -2.26. The maximum absolute atomic E-state index is 6.19. The molecule has 1 unspecified atom stereocenters. The molecule has 0 saturated carbocycles. The molecular weight excluding hydrogens is 280 g/mol. The van der Waals surface area contributed by atoms with E-state index in [-0.39, 0.29) is 5.54 Å². The lowest BCUT2D eigenvalue weighted by atomic mass is 9.85. The fourth-order valence-corrected chi connectivity index (χ4v) is 3.51. The second kappa shape index (κ2) is 4.54. The van der Waals surface area contributed by atoms with Crippen LogP contribution in [0.4, 0.5) is 5.69 Å². The van der Waals surface area contributed by atoms with E-state index in [1.807, 2.05) is 24.3 Å². The highest BCUT2D eigenvalue weighted by molar-refractivity contribution is 6.31. The Hall–Kier alpha value is -1.93. The van der Waals surface area contributed by atoms with Crippen molar-refractivity contribution in [2.75, 3.05) is 0 Å². The molecule has 0 radical (unpaired) electrons. The van der Waals surface area contributed by atoms with Crippen LogP contribution < -0.4 is 0 Å². The van der Waals surface area contributed by atoms with Crippen LogP contribution >= 0.6 is 11.6 Å². The number of fused-ring (bicyclic) bond motifs is 2. The van der Waals surface area contributed by atoms with Gasteiger partial charge in [0.2, 0.25) is 0 Å². The van der Waals surface area contributed by atoms with Gasteiger partial charge in [-0.25, -0.2) is 0 Å². The normalized spacial score (nSPS) is 23.1. The predicted octanol–water partition coefficient (Wildman–Crippen LogP) is 4.92. The van der Waals surface area contributed by atoms with E-state index in [9.17, 15) is 0 Å². The molecule has 1 spiro atoms. The summed E-state index contributed by atoms with van der Waals surface area (Å²) in [5, 5.41) is 0.751. The van der Waals surface area contributed by atoms with E-state index in [0.29, 0.717) is 0 Å². The quantitative estimate of drug-likeness (QED) is 0.713. The summed E-state index contributed by atoms with van der Waals surface area (Å²) in [6, 6.07) is 16.3. The SMILES string of the molecule is CC1=Nc2ccc(Cl)cc2C12CCC(c1ccccc1)=N2. The van der Waals surface area contributed by atoms with Gasteiger partial charge in [-0.05, 0) is 43.5 Å². The highest BCUT2D eigenvalue weighted by atomic mass is 35.5. The average Bonchev–Trinajstić information content (AvgIpc) is 3.06. The Morgan fingerprint density at radius 1 is 1.10 bits per heavy atom. The van der Waals surface area contributed by atoms with Gasteiger partial charge in [0.05, 0.1) is 5.69 Å². The largest absolute Gasteiger partial charge is 0.272 e. The third-order valence-electron chi connectivity index (χ3n) is 4.45.